The summed E-state index contributed by atoms with van der Waals surface area (Å²) < 4.78 is 0. The smallest absolute Gasteiger partial charge is 0.254 e. The molecule has 2 fully saturated rings. The van der Waals surface area contributed by atoms with Crippen LogP contribution in [0.1, 0.15) is 23.2 Å². The Bertz CT molecular complexity index is 774. The van der Waals surface area contributed by atoms with E-state index in [0.717, 1.165) is 6.42 Å². The van der Waals surface area contributed by atoms with E-state index in [2.05, 4.69) is 0 Å². The minimum Gasteiger partial charge on any atom is -0.338 e. The highest BCUT2D eigenvalue weighted by atomic mass is 35.5. The van der Waals surface area contributed by atoms with E-state index in [4.69, 9.17) is 23.2 Å². The van der Waals surface area contributed by atoms with Crippen molar-refractivity contribution in [2.24, 2.45) is 0 Å². The number of amides is 3. The van der Waals surface area contributed by atoms with E-state index in [1.807, 2.05) is 19.0 Å². The number of hydrogen-bond acceptors (Lipinski definition) is 4. The fourth-order valence-electron chi connectivity index (χ4n) is 3.87. The summed E-state index contributed by atoms with van der Waals surface area (Å²) in [6.45, 7) is 2.90. The number of nitrogens with zero attached hydrogens (tertiary/aromatic N) is 4. The van der Waals surface area contributed by atoms with Gasteiger partial charge in [-0.15, -0.1) is 0 Å². The number of likely N-dealkylation sites (N-methyl/N-ethyl adjacent to an activating group) is 1. The van der Waals surface area contributed by atoms with Crippen molar-refractivity contribution >= 4 is 40.9 Å². The number of carbonyl (C=O) groups excluding carboxylic acids is 3. The summed E-state index contributed by atoms with van der Waals surface area (Å²) in [4.78, 5) is 45.3. The molecule has 29 heavy (non-hydrogen) atoms. The topological polar surface area (TPSA) is 64.2 Å². The van der Waals surface area contributed by atoms with Crippen molar-refractivity contribution in [3.8, 4) is 0 Å². The molecular formula is C20H26Cl2N4O3. The van der Waals surface area contributed by atoms with Gasteiger partial charge in [0.1, 0.15) is 6.04 Å². The van der Waals surface area contributed by atoms with Gasteiger partial charge in [-0.3, -0.25) is 14.4 Å². The third kappa shape index (κ3) is 5.21. The number of likely N-dealkylation sites (tertiary alicyclic amines) is 1. The van der Waals surface area contributed by atoms with Crippen molar-refractivity contribution in [2.45, 2.75) is 18.9 Å². The van der Waals surface area contributed by atoms with Crippen LogP contribution in [0.15, 0.2) is 18.2 Å². The van der Waals surface area contributed by atoms with Crippen LogP contribution in [-0.4, -0.2) is 96.7 Å². The first-order chi connectivity index (χ1) is 13.8. The van der Waals surface area contributed by atoms with Crippen molar-refractivity contribution < 1.29 is 14.4 Å². The lowest BCUT2D eigenvalue weighted by Gasteiger charge is -2.37. The second-order valence-electron chi connectivity index (χ2n) is 7.76. The van der Waals surface area contributed by atoms with Gasteiger partial charge in [-0.1, -0.05) is 23.2 Å². The van der Waals surface area contributed by atoms with Gasteiger partial charge in [0.25, 0.3) is 5.91 Å². The monoisotopic (exact) mass is 440 g/mol. The molecule has 158 valence electrons. The lowest BCUT2D eigenvalue weighted by molar-refractivity contribution is -0.142. The first kappa shape index (κ1) is 21.9. The molecule has 0 spiro atoms. The third-order valence-corrected chi connectivity index (χ3v) is 5.74. The molecule has 3 amide bonds. The molecule has 1 atom stereocenters. The maximum atomic E-state index is 13.1. The Hall–Kier alpha value is -1.83. The molecule has 3 rings (SSSR count). The molecule has 7 nitrogen and oxygen atoms in total. The summed E-state index contributed by atoms with van der Waals surface area (Å²) in [6, 6.07) is 4.24. The fraction of sp³-hybridized carbons (Fsp3) is 0.550. The Morgan fingerprint density at radius 2 is 1.55 bits per heavy atom. The zero-order valence-electron chi connectivity index (χ0n) is 16.7. The second kappa shape index (κ2) is 9.32. The van der Waals surface area contributed by atoms with E-state index in [-0.39, 0.29) is 17.7 Å². The van der Waals surface area contributed by atoms with Crippen LogP contribution in [0.5, 0.6) is 0 Å². The number of piperazine rings is 1. The minimum atomic E-state index is -0.482. The first-order valence-electron chi connectivity index (χ1n) is 9.74. The molecule has 0 aromatic heterocycles. The number of halogens is 2. The maximum absolute atomic E-state index is 13.1. The predicted octanol–water partition coefficient (Wildman–Crippen LogP) is 1.83. The van der Waals surface area contributed by atoms with Gasteiger partial charge in [-0.05, 0) is 45.1 Å². The van der Waals surface area contributed by atoms with Crippen LogP contribution >= 0.6 is 23.2 Å². The van der Waals surface area contributed by atoms with Crippen LogP contribution in [0.3, 0.4) is 0 Å². The van der Waals surface area contributed by atoms with E-state index in [1.54, 1.807) is 32.9 Å². The van der Waals surface area contributed by atoms with Crippen molar-refractivity contribution in [3.05, 3.63) is 33.8 Å². The zero-order valence-corrected chi connectivity index (χ0v) is 18.2. The normalized spacial score (nSPS) is 19.8. The Kier molecular flexibility index (Phi) is 7.03. The number of rotatable bonds is 4. The van der Waals surface area contributed by atoms with E-state index >= 15 is 0 Å². The van der Waals surface area contributed by atoms with Gasteiger partial charge >= 0.3 is 0 Å². The predicted molar refractivity (Wildman–Crippen MR) is 112 cm³/mol. The molecule has 1 unspecified atom stereocenters. The Morgan fingerprint density at radius 3 is 2.14 bits per heavy atom. The average Bonchev–Trinajstić information content (AvgIpc) is 3.15. The summed E-state index contributed by atoms with van der Waals surface area (Å²) >= 11 is 12.1. The number of benzene rings is 1. The standard InChI is InChI=1S/C20H26Cl2N4O3/c1-23(2)13-18(27)24-6-8-25(9-7-24)20(29)17-4-3-5-26(17)19(28)14-10-15(21)12-16(22)11-14/h10-12,17H,3-9,13H2,1-2H3. The molecule has 2 aliphatic heterocycles. The molecule has 1 aromatic rings. The van der Waals surface area contributed by atoms with Gasteiger partial charge in [-0.25, -0.2) is 0 Å². The van der Waals surface area contributed by atoms with Crippen LogP contribution in [0, 0.1) is 0 Å². The van der Waals surface area contributed by atoms with Crippen LogP contribution in [-0.2, 0) is 9.59 Å². The molecule has 0 bridgehead atoms. The molecule has 1 aromatic carbocycles. The van der Waals surface area contributed by atoms with Gasteiger partial charge in [0.2, 0.25) is 11.8 Å². The summed E-state index contributed by atoms with van der Waals surface area (Å²) in [5, 5.41) is 0.780. The molecule has 0 aliphatic carbocycles. The van der Waals surface area contributed by atoms with Gasteiger partial charge in [-0.2, -0.15) is 0 Å². The van der Waals surface area contributed by atoms with Gasteiger partial charge in [0.15, 0.2) is 0 Å². The third-order valence-electron chi connectivity index (χ3n) is 5.30. The largest absolute Gasteiger partial charge is 0.338 e. The van der Waals surface area contributed by atoms with Gasteiger partial charge in [0.05, 0.1) is 6.54 Å². The Labute approximate surface area is 181 Å². The summed E-state index contributed by atoms with van der Waals surface area (Å²) in [5.41, 5.74) is 0.390. The minimum absolute atomic E-state index is 0.0521. The van der Waals surface area contributed by atoms with Crippen LogP contribution < -0.4 is 0 Å². The van der Waals surface area contributed by atoms with E-state index in [0.29, 0.717) is 61.3 Å². The van der Waals surface area contributed by atoms with Crippen LogP contribution in [0.2, 0.25) is 10.0 Å². The number of carbonyl (C=O) groups is 3. The molecule has 0 N–H and O–H groups in total. The number of hydrogen-bond donors (Lipinski definition) is 0. The van der Waals surface area contributed by atoms with Crippen molar-refractivity contribution in [1.82, 2.24) is 19.6 Å². The zero-order chi connectivity index (χ0) is 21.1. The summed E-state index contributed by atoms with van der Waals surface area (Å²) in [5.74, 6) is -0.216. The molecule has 0 radical (unpaired) electrons. The maximum Gasteiger partial charge on any atom is 0.254 e. The van der Waals surface area contributed by atoms with Gasteiger partial charge in [0, 0.05) is 48.3 Å². The average molecular weight is 441 g/mol. The van der Waals surface area contributed by atoms with E-state index in [1.165, 1.54) is 0 Å². The molecule has 9 heteroatoms. The lowest BCUT2D eigenvalue weighted by Crippen LogP contribution is -2.56. The highest BCUT2D eigenvalue weighted by Crippen LogP contribution is 2.25. The molecule has 2 saturated heterocycles. The Balaban J connectivity index is 1.63. The van der Waals surface area contributed by atoms with Crippen LogP contribution in [0.25, 0.3) is 0 Å². The highest BCUT2D eigenvalue weighted by molar-refractivity contribution is 6.35. The summed E-state index contributed by atoms with van der Waals surface area (Å²) in [6.07, 6.45) is 1.41. The van der Waals surface area contributed by atoms with Crippen molar-refractivity contribution in [3.63, 3.8) is 0 Å². The Morgan fingerprint density at radius 1 is 0.966 bits per heavy atom. The van der Waals surface area contributed by atoms with Crippen molar-refractivity contribution in [1.29, 1.82) is 0 Å². The highest BCUT2D eigenvalue weighted by Gasteiger charge is 2.38. The molecular weight excluding hydrogens is 415 g/mol. The lowest BCUT2D eigenvalue weighted by atomic mass is 10.1. The quantitative estimate of drug-likeness (QED) is 0.716. The first-order valence-corrected chi connectivity index (χ1v) is 10.5. The molecule has 2 heterocycles. The van der Waals surface area contributed by atoms with Gasteiger partial charge < -0.3 is 19.6 Å². The fourth-order valence-corrected chi connectivity index (χ4v) is 4.39. The van der Waals surface area contributed by atoms with Crippen LogP contribution in [0.4, 0.5) is 0 Å². The van der Waals surface area contributed by atoms with E-state index < -0.39 is 6.04 Å². The van der Waals surface area contributed by atoms with E-state index in [9.17, 15) is 14.4 Å². The molecule has 0 saturated carbocycles. The van der Waals surface area contributed by atoms with Crippen molar-refractivity contribution in [2.75, 3.05) is 53.4 Å². The SMILES string of the molecule is CN(C)CC(=O)N1CCN(C(=O)C2CCCN2C(=O)c2cc(Cl)cc(Cl)c2)CC1. The molecule has 2 aliphatic rings. The second-order valence-corrected chi connectivity index (χ2v) is 8.63. The summed E-state index contributed by atoms with van der Waals surface area (Å²) in [7, 11) is 3.72.